The maximum absolute atomic E-state index is 9.45. The number of fused-ring (bicyclic) bond motifs is 1. The molecule has 0 saturated heterocycles. The van der Waals surface area contributed by atoms with E-state index in [1.54, 1.807) is 0 Å². The van der Waals surface area contributed by atoms with Crippen LogP contribution in [0, 0.1) is 11.3 Å². The van der Waals surface area contributed by atoms with E-state index in [9.17, 15) is 5.26 Å². The maximum Gasteiger partial charge on any atom is 0.161 e. The van der Waals surface area contributed by atoms with Gasteiger partial charge in [-0.2, -0.15) is 5.26 Å². The van der Waals surface area contributed by atoms with E-state index in [4.69, 9.17) is 14.6 Å². The van der Waals surface area contributed by atoms with Crippen molar-refractivity contribution in [1.29, 1.82) is 5.26 Å². The largest absolute Gasteiger partial charge is 0.490 e. The Kier molecular flexibility index (Phi) is 6.75. The number of hydrogen-bond donors (Lipinski definition) is 1. The van der Waals surface area contributed by atoms with E-state index in [0.717, 1.165) is 29.0 Å². The molecule has 1 aliphatic heterocycles. The van der Waals surface area contributed by atoms with Gasteiger partial charge in [-0.3, -0.25) is 4.99 Å². The Hall–Kier alpha value is -1.71. The molecule has 1 unspecified atom stereocenters. The highest BCUT2D eigenvalue weighted by atomic mass is 32.2. The molecule has 0 saturated carbocycles. The Morgan fingerprint density at radius 2 is 2.00 bits per heavy atom. The Labute approximate surface area is 141 Å². The average molecular weight is 334 g/mol. The first kappa shape index (κ1) is 17.6. The van der Waals surface area contributed by atoms with Crippen molar-refractivity contribution >= 4 is 17.5 Å². The second kappa shape index (κ2) is 8.80. The van der Waals surface area contributed by atoms with Crippen LogP contribution in [-0.4, -0.2) is 48.2 Å². The van der Waals surface area contributed by atoms with Crippen molar-refractivity contribution < 1.29 is 14.6 Å². The molecular weight excluding hydrogens is 312 g/mol. The van der Waals surface area contributed by atoms with Crippen LogP contribution in [0.1, 0.15) is 25.0 Å². The molecule has 124 valence electrons. The zero-order valence-corrected chi connectivity index (χ0v) is 14.4. The Morgan fingerprint density at radius 3 is 2.61 bits per heavy atom. The standard InChI is InChI=1S/C17H22N2O3S/c1-3-21-14-9-12-5-6-19-17(16(11-18)23-8-7-20)13(12)10-15(14)22-4-2/h9-10,16,20H,3-8H2,1-2H3. The first-order valence-electron chi connectivity index (χ1n) is 7.84. The molecule has 1 aliphatic rings. The third-order valence-corrected chi connectivity index (χ3v) is 4.53. The van der Waals surface area contributed by atoms with E-state index >= 15 is 0 Å². The van der Waals surface area contributed by atoms with Crippen LogP contribution < -0.4 is 9.47 Å². The molecule has 1 heterocycles. The van der Waals surface area contributed by atoms with E-state index in [1.165, 1.54) is 11.8 Å². The molecule has 0 aliphatic carbocycles. The van der Waals surface area contributed by atoms with Crippen molar-refractivity contribution in [2.75, 3.05) is 32.1 Å². The van der Waals surface area contributed by atoms with Gasteiger partial charge in [-0.05, 0) is 38.0 Å². The van der Waals surface area contributed by atoms with E-state index in [1.807, 2.05) is 26.0 Å². The van der Waals surface area contributed by atoms with Crippen LogP contribution >= 0.6 is 11.8 Å². The van der Waals surface area contributed by atoms with Crippen molar-refractivity contribution in [2.24, 2.45) is 4.99 Å². The number of aliphatic hydroxyl groups excluding tert-OH is 1. The van der Waals surface area contributed by atoms with Gasteiger partial charge in [0.2, 0.25) is 0 Å². The number of benzene rings is 1. The lowest BCUT2D eigenvalue weighted by Gasteiger charge is -2.22. The predicted molar refractivity (Wildman–Crippen MR) is 92.8 cm³/mol. The Bertz CT molecular complexity index is 611. The van der Waals surface area contributed by atoms with E-state index in [-0.39, 0.29) is 11.9 Å². The van der Waals surface area contributed by atoms with Crippen LogP contribution in [0.4, 0.5) is 0 Å². The summed E-state index contributed by atoms with van der Waals surface area (Å²) in [5.74, 6) is 1.94. The topological polar surface area (TPSA) is 74.8 Å². The number of rotatable bonds is 8. The zero-order chi connectivity index (χ0) is 16.7. The van der Waals surface area contributed by atoms with Gasteiger partial charge < -0.3 is 14.6 Å². The minimum atomic E-state index is -0.381. The van der Waals surface area contributed by atoms with Gasteiger partial charge in [0.05, 0.1) is 31.6 Å². The summed E-state index contributed by atoms with van der Waals surface area (Å²) in [7, 11) is 0. The molecule has 1 aromatic rings. The van der Waals surface area contributed by atoms with Crippen LogP contribution in [0.25, 0.3) is 0 Å². The van der Waals surface area contributed by atoms with E-state index in [2.05, 4.69) is 11.1 Å². The number of aliphatic hydroxyl groups is 1. The highest BCUT2D eigenvalue weighted by Crippen LogP contribution is 2.34. The number of ether oxygens (including phenoxy) is 2. The molecule has 0 amide bonds. The quantitative estimate of drug-likeness (QED) is 0.790. The van der Waals surface area contributed by atoms with Gasteiger partial charge in [-0.15, -0.1) is 11.8 Å². The second-order valence-corrected chi connectivity index (χ2v) is 6.16. The molecule has 5 nitrogen and oxygen atoms in total. The van der Waals surface area contributed by atoms with Gasteiger partial charge in [-0.25, -0.2) is 0 Å². The third kappa shape index (κ3) is 4.18. The predicted octanol–water partition coefficient (Wildman–Crippen LogP) is 2.45. The minimum Gasteiger partial charge on any atom is -0.490 e. The number of nitriles is 1. The Morgan fingerprint density at radius 1 is 1.30 bits per heavy atom. The molecule has 1 aromatic carbocycles. The average Bonchev–Trinajstić information content (AvgIpc) is 2.57. The van der Waals surface area contributed by atoms with Gasteiger partial charge in [0.1, 0.15) is 5.25 Å². The number of thioether (sulfide) groups is 1. The minimum absolute atomic E-state index is 0.0520. The van der Waals surface area contributed by atoms with Crippen LogP contribution in [0.5, 0.6) is 11.5 Å². The van der Waals surface area contributed by atoms with Crippen LogP contribution in [-0.2, 0) is 6.42 Å². The van der Waals surface area contributed by atoms with Crippen LogP contribution in [0.15, 0.2) is 17.1 Å². The lowest BCUT2D eigenvalue weighted by Crippen LogP contribution is -2.24. The summed E-state index contributed by atoms with van der Waals surface area (Å²) < 4.78 is 11.4. The Balaban J connectivity index is 2.40. The molecule has 23 heavy (non-hydrogen) atoms. The monoisotopic (exact) mass is 334 g/mol. The van der Waals surface area contributed by atoms with Gasteiger partial charge in [-0.1, -0.05) is 0 Å². The first-order chi connectivity index (χ1) is 11.2. The zero-order valence-electron chi connectivity index (χ0n) is 13.5. The molecule has 2 rings (SSSR count). The van der Waals surface area contributed by atoms with Gasteiger partial charge >= 0.3 is 0 Å². The molecule has 0 spiro atoms. The molecule has 0 radical (unpaired) electrons. The lowest BCUT2D eigenvalue weighted by molar-refractivity contribution is 0.287. The van der Waals surface area contributed by atoms with Gasteiger partial charge in [0, 0.05) is 17.9 Å². The van der Waals surface area contributed by atoms with Gasteiger partial charge in [0.15, 0.2) is 11.5 Å². The lowest BCUT2D eigenvalue weighted by atomic mass is 9.95. The molecule has 6 heteroatoms. The smallest absolute Gasteiger partial charge is 0.161 e. The molecule has 1 atom stereocenters. The summed E-state index contributed by atoms with van der Waals surface area (Å²) in [5.41, 5.74) is 2.86. The summed E-state index contributed by atoms with van der Waals surface area (Å²) >= 11 is 1.41. The van der Waals surface area contributed by atoms with Crippen molar-refractivity contribution in [3.8, 4) is 17.6 Å². The van der Waals surface area contributed by atoms with Crippen LogP contribution in [0.2, 0.25) is 0 Å². The number of hydrogen-bond acceptors (Lipinski definition) is 6. The fourth-order valence-electron chi connectivity index (χ4n) is 2.54. The SMILES string of the molecule is CCOc1cc2c(cc1OCC)C(C(C#N)SCCO)=NCC2. The number of nitrogens with zero attached hydrogens (tertiary/aromatic N) is 2. The maximum atomic E-state index is 9.45. The first-order valence-corrected chi connectivity index (χ1v) is 8.89. The van der Waals surface area contributed by atoms with Crippen molar-refractivity contribution in [1.82, 2.24) is 0 Å². The normalized spacial score (nSPS) is 14.4. The summed E-state index contributed by atoms with van der Waals surface area (Å²) in [6.45, 7) is 5.72. The summed E-state index contributed by atoms with van der Waals surface area (Å²) in [6, 6.07) is 6.23. The number of aliphatic imine (C=N–C) groups is 1. The van der Waals surface area contributed by atoms with Crippen LogP contribution in [0.3, 0.4) is 0 Å². The highest BCUT2D eigenvalue weighted by Gasteiger charge is 2.25. The molecule has 0 bridgehead atoms. The molecule has 1 N–H and O–H groups in total. The van der Waals surface area contributed by atoms with Crippen molar-refractivity contribution in [3.63, 3.8) is 0 Å². The molecular formula is C17H22N2O3S. The summed E-state index contributed by atoms with van der Waals surface area (Å²) in [6.07, 6.45) is 0.828. The summed E-state index contributed by atoms with van der Waals surface area (Å²) in [4.78, 5) is 4.57. The molecule has 0 fully saturated rings. The van der Waals surface area contributed by atoms with Crippen molar-refractivity contribution in [2.45, 2.75) is 25.5 Å². The fourth-order valence-corrected chi connectivity index (χ4v) is 3.31. The van der Waals surface area contributed by atoms with Gasteiger partial charge in [0.25, 0.3) is 0 Å². The van der Waals surface area contributed by atoms with Crippen molar-refractivity contribution in [3.05, 3.63) is 23.3 Å². The third-order valence-electron chi connectivity index (χ3n) is 3.45. The molecule has 0 aromatic heterocycles. The summed E-state index contributed by atoms with van der Waals surface area (Å²) in [5, 5.41) is 18.1. The fraction of sp³-hybridized carbons (Fsp3) is 0.529. The second-order valence-electron chi connectivity index (χ2n) is 4.94. The van der Waals surface area contributed by atoms with E-state index in [0.29, 0.717) is 31.3 Å². The highest BCUT2D eigenvalue weighted by molar-refractivity contribution is 8.00. The van der Waals surface area contributed by atoms with E-state index < -0.39 is 0 Å².